The molecule has 0 aromatic rings. The molecule has 1 atom stereocenters. The number of carbonyl (C=O) groups excluding carboxylic acids is 1. The molecule has 1 aliphatic rings. The van der Waals surface area contributed by atoms with E-state index in [1.165, 1.54) is 0 Å². The first-order valence-corrected chi connectivity index (χ1v) is 7.46. The molecule has 1 N–H and O–H groups in total. The Balaban J connectivity index is 2.27. The van der Waals surface area contributed by atoms with Crippen LogP contribution in [0, 0.1) is 5.92 Å². The maximum Gasteiger partial charge on any atom is 0.407 e. The van der Waals surface area contributed by atoms with E-state index in [1.807, 2.05) is 0 Å². The van der Waals surface area contributed by atoms with Gasteiger partial charge < -0.3 is 10.1 Å². The van der Waals surface area contributed by atoms with Gasteiger partial charge in [0.25, 0.3) is 0 Å². The zero-order valence-electron chi connectivity index (χ0n) is 12.4. The van der Waals surface area contributed by atoms with E-state index in [4.69, 9.17) is 4.74 Å². The van der Waals surface area contributed by atoms with E-state index in [1.54, 1.807) is 0 Å². The molecule has 0 spiro atoms. The van der Waals surface area contributed by atoms with Gasteiger partial charge >= 0.3 is 6.09 Å². The van der Waals surface area contributed by atoms with Crippen molar-refractivity contribution >= 4 is 6.09 Å². The summed E-state index contributed by atoms with van der Waals surface area (Å²) in [5.41, 5.74) is -0.294. The quantitative estimate of drug-likeness (QED) is 0.749. The smallest absolute Gasteiger partial charge is 0.407 e. The van der Waals surface area contributed by atoms with Crippen molar-refractivity contribution in [2.75, 3.05) is 6.54 Å². The van der Waals surface area contributed by atoms with Gasteiger partial charge in [-0.25, -0.2) is 4.79 Å². The van der Waals surface area contributed by atoms with Crippen LogP contribution in [0.2, 0.25) is 0 Å². The third-order valence-corrected chi connectivity index (χ3v) is 4.10. The summed E-state index contributed by atoms with van der Waals surface area (Å²) in [6, 6.07) is 0. The van der Waals surface area contributed by atoms with Crippen molar-refractivity contribution in [3.05, 3.63) is 24.3 Å². The second kappa shape index (κ2) is 8.03. The number of allylic oxidation sites excluding steroid dienone is 4. The molecule has 19 heavy (non-hydrogen) atoms. The molecular formula is C16H27NO2. The van der Waals surface area contributed by atoms with Crippen molar-refractivity contribution in [1.82, 2.24) is 5.32 Å². The highest BCUT2D eigenvalue weighted by Gasteiger charge is 2.28. The Kier molecular flexibility index (Phi) is 6.68. The van der Waals surface area contributed by atoms with Crippen LogP contribution in [0.3, 0.4) is 0 Å². The number of hydrogen-bond acceptors (Lipinski definition) is 2. The van der Waals surface area contributed by atoms with Crippen LogP contribution >= 0.6 is 0 Å². The van der Waals surface area contributed by atoms with Gasteiger partial charge in [-0.3, -0.25) is 0 Å². The molecule has 1 amide bonds. The molecule has 108 valence electrons. The molecule has 0 heterocycles. The van der Waals surface area contributed by atoms with Gasteiger partial charge in [-0.05, 0) is 38.0 Å². The molecule has 0 saturated carbocycles. The predicted octanol–water partition coefficient (Wildman–Crippen LogP) is 4.20. The van der Waals surface area contributed by atoms with E-state index in [-0.39, 0.29) is 11.7 Å². The van der Waals surface area contributed by atoms with E-state index in [2.05, 4.69) is 50.4 Å². The third-order valence-electron chi connectivity index (χ3n) is 4.10. The highest BCUT2D eigenvalue weighted by Crippen LogP contribution is 2.24. The number of hydrogen-bond donors (Lipinski definition) is 1. The van der Waals surface area contributed by atoms with E-state index < -0.39 is 0 Å². The summed E-state index contributed by atoms with van der Waals surface area (Å²) in [5, 5.41) is 2.87. The molecular weight excluding hydrogens is 238 g/mol. The van der Waals surface area contributed by atoms with E-state index in [9.17, 15) is 4.79 Å². The number of amides is 1. The lowest BCUT2D eigenvalue weighted by Gasteiger charge is -2.30. The normalized spacial score (nSPS) is 18.4. The maximum atomic E-state index is 11.8. The molecule has 3 nitrogen and oxygen atoms in total. The van der Waals surface area contributed by atoms with Gasteiger partial charge in [0.2, 0.25) is 0 Å². The summed E-state index contributed by atoms with van der Waals surface area (Å²) in [6.45, 7) is 6.88. The zero-order chi connectivity index (χ0) is 14.1. The first-order valence-electron chi connectivity index (χ1n) is 7.46. The van der Waals surface area contributed by atoms with Crippen LogP contribution in [0.5, 0.6) is 0 Å². The number of rotatable bonds is 7. The number of ether oxygens (including phenoxy) is 1. The summed E-state index contributed by atoms with van der Waals surface area (Å²) in [7, 11) is 0. The molecule has 0 aromatic heterocycles. The monoisotopic (exact) mass is 265 g/mol. The molecule has 0 bridgehead atoms. The Hall–Kier alpha value is -1.25. The fraction of sp³-hybridized carbons (Fsp3) is 0.688. The Morgan fingerprint density at radius 1 is 1.26 bits per heavy atom. The zero-order valence-corrected chi connectivity index (χ0v) is 12.4. The first kappa shape index (κ1) is 15.8. The van der Waals surface area contributed by atoms with Crippen LogP contribution < -0.4 is 5.32 Å². The van der Waals surface area contributed by atoms with Gasteiger partial charge in [0, 0.05) is 6.54 Å². The van der Waals surface area contributed by atoms with Gasteiger partial charge in [0.15, 0.2) is 0 Å². The standard InChI is InChI=1S/C16H27NO2/c1-4-16(5-2,6-3)19-15(18)17-13-12-14-10-8-7-9-11-14/h7-10,14H,4-6,11-13H2,1-3H3,(H,17,18). The second-order valence-corrected chi connectivity index (χ2v) is 5.16. The van der Waals surface area contributed by atoms with Crippen molar-refractivity contribution < 1.29 is 9.53 Å². The van der Waals surface area contributed by atoms with E-state index >= 15 is 0 Å². The molecule has 1 unspecified atom stereocenters. The molecule has 0 saturated heterocycles. The van der Waals surface area contributed by atoms with E-state index in [0.29, 0.717) is 12.5 Å². The summed E-state index contributed by atoms with van der Waals surface area (Å²) in [5.74, 6) is 0.540. The Morgan fingerprint density at radius 2 is 1.95 bits per heavy atom. The average Bonchev–Trinajstić information content (AvgIpc) is 2.46. The number of carbonyl (C=O) groups is 1. The summed E-state index contributed by atoms with van der Waals surface area (Å²) >= 11 is 0. The molecule has 3 heteroatoms. The number of nitrogens with one attached hydrogen (secondary N) is 1. The predicted molar refractivity (Wildman–Crippen MR) is 79.1 cm³/mol. The SMILES string of the molecule is CCC(CC)(CC)OC(=O)NCCC1C=CC=CC1. The molecule has 1 aliphatic carbocycles. The van der Waals surface area contributed by atoms with Gasteiger partial charge in [0.1, 0.15) is 5.60 Å². The molecule has 0 fully saturated rings. The van der Waals surface area contributed by atoms with Gasteiger partial charge in [0.05, 0.1) is 0 Å². The molecule has 0 radical (unpaired) electrons. The lowest BCUT2D eigenvalue weighted by atomic mass is 9.94. The van der Waals surface area contributed by atoms with Crippen molar-refractivity contribution in [2.45, 2.75) is 58.5 Å². The lowest BCUT2D eigenvalue weighted by molar-refractivity contribution is 0.00162. The van der Waals surface area contributed by atoms with Crippen molar-refractivity contribution in [2.24, 2.45) is 5.92 Å². The lowest BCUT2D eigenvalue weighted by Crippen LogP contribution is -2.38. The molecule has 1 rings (SSSR count). The van der Waals surface area contributed by atoms with Crippen LogP contribution in [0.4, 0.5) is 4.79 Å². The first-order chi connectivity index (χ1) is 9.15. The van der Waals surface area contributed by atoms with Gasteiger partial charge in [-0.1, -0.05) is 45.1 Å². The van der Waals surface area contributed by atoms with Crippen molar-refractivity contribution in [1.29, 1.82) is 0 Å². The van der Waals surface area contributed by atoms with Crippen LogP contribution in [-0.4, -0.2) is 18.2 Å². The molecule has 0 aliphatic heterocycles. The largest absolute Gasteiger partial charge is 0.443 e. The average molecular weight is 265 g/mol. The van der Waals surface area contributed by atoms with Crippen LogP contribution in [-0.2, 0) is 4.74 Å². The minimum Gasteiger partial charge on any atom is -0.443 e. The summed E-state index contributed by atoms with van der Waals surface area (Å²) < 4.78 is 5.59. The Morgan fingerprint density at radius 3 is 2.47 bits per heavy atom. The Bertz CT molecular complexity index is 321. The minimum atomic E-state index is -0.294. The summed E-state index contributed by atoms with van der Waals surface area (Å²) in [6.07, 6.45) is 12.8. The highest BCUT2D eigenvalue weighted by atomic mass is 16.6. The second-order valence-electron chi connectivity index (χ2n) is 5.16. The molecule has 0 aromatic carbocycles. The highest BCUT2D eigenvalue weighted by molar-refractivity contribution is 5.67. The third kappa shape index (κ3) is 5.09. The van der Waals surface area contributed by atoms with Crippen molar-refractivity contribution in [3.63, 3.8) is 0 Å². The van der Waals surface area contributed by atoms with Gasteiger partial charge in [-0.2, -0.15) is 0 Å². The number of alkyl carbamates (subject to hydrolysis) is 1. The Labute approximate surface area is 117 Å². The fourth-order valence-corrected chi connectivity index (χ4v) is 2.40. The van der Waals surface area contributed by atoms with Crippen molar-refractivity contribution in [3.8, 4) is 0 Å². The fourth-order valence-electron chi connectivity index (χ4n) is 2.40. The minimum absolute atomic E-state index is 0.277. The maximum absolute atomic E-state index is 11.8. The summed E-state index contributed by atoms with van der Waals surface area (Å²) in [4.78, 5) is 11.8. The topological polar surface area (TPSA) is 38.3 Å². The van der Waals surface area contributed by atoms with Crippen LogP contribution in [0.15, 0.2) is 24.3 Å². The van der Waals surface area contributed by atoms with E-state index in [0.717, 1.165) is 32.1 Å². The van der Waals surface area contributed by atoms with Crippen LogP contribution in [0.25, 0.3) is 0 Å². The van der Waals surface area contributed by atoms with Gasteiger partial charge in [-0.15, -0.1) is 0 Å². The van der Waals surface area contributed by atoms with Crippen LogP contribution in [0.1, 0.15) is 52.9 Å².